The van der Waals surface area contributed by atoms with Crippen molar-refractivity contribution in [3.63, 3.8) is 0 Å². The van der Waals surface area contributed by atoms with Crippen LogP contribution in [-0.4, -0.2) is 14.7 Å². The van der Waals surface area contributed by atoms with E-state index in [1.165, 1.54) is 0 Å². The third-order valence-electron chi connectivity index (χ3n) is 1.61. The molecule has 0 aromatic carbocycles. The van der Waals surface area contributed by atoms with E-state index in [2.05, 4.69) is 5.10 Å². The lowest BCUT2D eigenvalue weighted by Crippen LogP contribution is -1.85. The van der Waals surface area contributed by atoms with Crippen LogP contribution in [0.2, 0.25) is 0 Å². The Labute approximate surface area is 63.9 Å². The van der Waals surface area contributed by atoms with Gasteiger partial charge in [-0.1, -0.05) is 0 Å². The summed E-state index contributed by atoms with van der Waals surface area (Å²) in [7, 11) is 0. The van der Waals surface area contributed by atoms with Crippen LogP contribution in [0.3, 0.4) is 0 Å². The number of aliphatic hydroxyl groups is 1. The molecule has 3 heteroatoms. The van der Waals surface area contributed by atoms with Crippen molar-refractivity contribution in [1.82, 2.24) is 9.61 Å². The maximum atomic E-state index is 8.80. The molecule has 0 unspecified atom stereocenters. The van der Waals surface area contributed by atoms with Crippen molar-refractivity contribution in [3.05, 3.63) is 36.2 Å². The maximum absolute atomic E-state index is 8.80. The van der Waals surface area contributed by atoms with Gasteiger partial charge >= 0.3 is 0 Å². The molecule has 0 amide bonds. The minimum atomic E-state index is 0.0728. The Hall–Kier alpha value is -1.35. The van der Waals surface area contributed by atoms with Gasteiger partial charge in [0.25, 0.3) is 0 Å². The molecule has 0 fully saturated rings. The Balaban J connectivity index is 2.69. The fourth-order valence-corrected chi connectivity index (χ4v) is 1.09. The van der Waals surface area contributed by atoms with Gasteiger partial charge in [-0.05, 0) is 23.8 Å². The van der Waals surface area contributed by atoms with E-state index in [-0.39, 0.29) is 6.61 Å². The predicted octanol–water partition coefficient (Wildman–Crippen LogP) is 0.827. The smallest absolute Gasteiger partial charge is 0.0697 e. The molecule has 0 saturated heterocycles. The molecule has 0 saturated carbocycles. The lowest BCUT2D eigenvalue weighted by molar-refractivity contribution is 0.282. The summed E-state index contributed by atoms with van der Waals surface area (Å²) >= 11 is 0. The van der Waals surface area contributed by atoms with Crippen LogP contribution < -0.4 is 0 Å². The van der Waals surface area contributed by atoms with Crippen molar-refractivity contribution in [1.29, 1.82) is 0 Å². The van der Waals surface area contributed by atoms with Gasteiger partial charge in [0.2, 0.25) is 0 Å². The molecule has 2 aromatic heterocycles. The van der Waals surface area contributed by atoms with Crippen LogP contribution in [0, 0.1) is 0 Å². The van der Waals surface area contributed by atoms with E-state index in [1.54, 1.807) is 10.7 Å². The Kier molecular flexibility index (Phi) is 1.36. The lowest BCUT2D eigenvalue weighted by Gasteiger charge is -1.87. The summed E-state index contributed by atoms with van der Waals surface area (Å²) in [6.45, 7) is 0.0728. The first-order valence-corrected chi connectivity index (χ1v) is 3.43. The highest BCUT2D eigenvalue weighted by molar-refractivity contribution is 5.48. The summed E-state index contributed by atoms with van der Waals surface area (Å²) in [6, 6.07) is 5.73. The topological polar surface area (TPSA) is 37.5 Å². The standard InChI is InChI=1S/C8H8N2O/c11-6-7-4-8-2-1-3-9-10(8)5-7/h1-5,11H,6H2. The van der Waals surface area contributed by atoms with Gasteiger partial charge in [0.1, 0.15) is 0 Å². The quantitative estimate of drug-likeness (QED) is 0.650. The second-order valence-electron chi connectivity index (χ2n) is 2.40. The Morgan fingerprint density at radius 1 is 1.55 bits per heavy atom. The molecule has 11 heavy (non-hydrogen) atoms. The van der Waals surface area contributed by atoms with Gasteiger partial charge in [-0.3, -0.25) is 0 Å². The average Bonchev–Trinajstić information content (AvgIpc) is 2.46. The number of nitrogens with zero attached hydrogens (tertiary/aromatic N) is 2. The molecule has 0 atom stereocenters. The van der Waals surface area contributed by atoms with E-state index in [0.29, 0.717) is 0 Å². The highest BCUT2D eigenvalue weighted by Gasteiger charge is 1.95. The van der Waals surface area contributed by atoms with Gasteiger partial charge in [0, 0.05) is 12.4 Å². The summed E-state index contributed by atoms with van der Waals surface area (Å²) in [6.07, 6.45) is 3.53. The van der Waals surface area contributed by atoms with Gasteiger partial charge in [-0.25, -0.2) is 4.52 Å². The van der Waals surface area contributed by atoms with Gasteiger partial charge in [-0.15, -0.1) is 0 Å². The fraction of sp³-hybridized carbons (Fsp3) is 0.125. The Bertz CT molecular complexity index is 334. The number of aliphatic hydroxyl groups excluding tert-OH is 1. The molecule has 1 N–H and O–H groups in total. The SMILES string of the molecule is OCc1cc2cccnn2c1. The molecule has 0 spiro atoms. The van der Waals surface area contributed by atoms with Crippen LogP contribution in [-0.2, 0) is 6.61 Å². The van der Waals surface area contributed by atoms with E-state index in [0.717, 1.165) is 11.1 Å². The Morgan fingerprint density at radius 2 is 2.45 bits per heavy atom. The second-order valence-corrected chi connectivity index (χ2v) is 2.40. The summed E-state index contributed by atoms with van der Waals surface area (Å²) < 4.78 is 1.74. The zero-order valence-corrected chi connectivity index (χ0v) is 5.94. The van der Waals surface area contributed by atoms with Gasteiger partial charge in [0.05, 0.1) is 12.1 Å². The van der Waals surface area contributed by atoms with Gasteiger partial charge < -0.3 is 5.11 Å². The normalized spacial score (nSPS) is 10.6. The predicted molar refractivity (Wildman–Crippen MR) is 41.1 cm³/mol. The molecular weight excluding hydrogens is 140 g/mol. The number of rotatable bonds is 1. The Morgan fingerprint density at radius 3 is 3.18 bits per heavy atom. The molecule has 2 aromatic rings. The minimum absolute atomic E-state index is 0.0728. The van der Waals surface area contributed by atoms with Crippen LogP contribution >= 0.6 is 0 Å². The van der Waals surface area contributed by atoms with Crippen molar-refractivity contribution in [2.24, 2.45) is 0 Å². The molecule has 0 aliphatic heterocycles. The van der Waals surface area contributed by atoms with Crippen molar-refractivity contribution in [2.45, 2.75) is 6.61 Å². The fourth-order valence-electron chi connectivity index (χ4n) is 1.09. The number of hydrogen-bond acceptors (Lipinski definition) is 2. The van der Waals surface area contributed by atoms with Crippen molar-refractivity contribution in [2.75, 3.05) is 0 Å². The molecule has 2 rings (SSSR count). The van der Waals surface area contributed by atoms with E-state index in [9.17, 15) is 0 Å². The molecule has 3 nitrogen and oxygen atoms in total. The van der Waals surface area contributed by atoms with Crippen LogP contribution in [0.5, 0.6) is 0 Å². The number of hydrogen-bond donors (Lipinski definition) is 1. The third-order valence-corrected chi connectivity index (χ3v) is 1.61. The molecule has 0 aliphatic rings. The zero-order valence-electron chi connectivity index (χ0n) is 5.94. The highest BCUT2D eigenvalue weighted by atomic mass is 16.3. The first-order valence-electron chi connectivity index (χ1n) is 3.43. The molecule has 0 bridgehead atoms. The minimum Gasteiger partial charge on any atom is -0.392 e. The lowest BCUT2D eigenvalue weighted by atomic mass is 10.3. The number of aromatic nitrogens is 2. The average molecular weight is 148 g/mol. The summed E-state index contributed by atoms with van der Waals surface area (Å²) in [5.41, 5.74) is 1.90. The number of fused-ring (bicyclic) bond motifs is 1. The first-order chi connectivity index (χ1) is 5.40. The first kappa shape index (κ1) is 6.37. The highest BCUT2D eigenvalue weighted by Crippen LogP contribution is 2.06. The monoisotopic (exact) mass is 148 g/mol. The van der Waals surface area contributed by atoms with Crippen molar-refractivity contribution in [3.8, 4) is 0 Å². The molecule has 2 heterocycles. The van der Waals surface area contributed by atoms with Crippen LogP contribution in [0.4, 0.5) is 0 Å². The van der Waals surface area contributed by atoms with Gasteiger partial charge in [0.15, 0.2) is 0 Å². The van der Waals surface area contributed by atoms with E-state index < -0.39 is 0 Å². The molecular formula is C8H8N2O. The van der Waals surface area contributed by atoms with Crippen molar-refractivity contribution < 1.29 is 5.11 Å². The third kappa shape index (κ3) is 0.991. The van der Waals surface area contributed by atoms with Crippen LogP contribution in [0.25, 0.3) is 5.52 Å². The summed E-state index contributed by atoms with van der Waals surface area (Å²) in [5, 5.41) is 12.9. The van der Waals surface area contributed by atoms with E-state index >= 15 is 0 Å². The summed E-state index contributed by atoms with van der Waals surface area (Å²) in [5.74, 6) is 0. The van der Waals surface area contributed by atoms with E-state index in [4.69, 9.17) is 5.11 Å². The largest absolute Gasteiger partial charge is 0.392 e. The molecule has 0 aliphatic carbocycles. The van der Waals surface area contributed by atoms with Crippen LogP contribution in [0.15, 0.2) is 30.6 Å². The van der Waals surface area contributed by atoms with Crippen LogP contribution in [0.1, 0.15) is 5.56 Å². The molecule has 56 valence electrons. The zero-order chi connectivity index (χ0) is 7.68. The van der Waals surface area contributed by atoms with Crippen molar-refractivity contribution >= 4 is 5.52 Å². The van der Waals surface area contributed by atoms with E-state index in [1.807, 2.05) is 24.4 Å². The molecule has 0 radical (unpaired) electrons. The van der Waals surface area contributed by atoms with Gasteiger partial charge in [-0.2, -0.15) is 5.10 Å². The summed E-state index contributed by atoms with van der Waals surface area (Å²) in [4.78, 5) is 0. The maximum Gasteiger partial charge on any atom is 0.0697 e. The second kappa shape index (κ2) is 2.36.